The number of hydrogen-bond donors (Lipinski definition) is 2. The van der Waals surface area contributed by atoms with Gasteiger partial charge >= 0.3 is 6.18 Å². The van der Waals surface area contributed by atoms with E-state index in [-0.39, 0.29) is 24.5 Å². The van der Waals surface area contributed by atoms with Crippen molar-refractivity contribution in [2.24, 2.45) is 11.7 Å². The highest BCUT2D eigenvalue weighted by atomic mass is 19.4. The number of nitrogens with one attached hydrogen (secondary N) is 1. The molecule has 0 aliphatic heterocycles. The van der Waals surface area contributed by atoms with Gasteiger partial charge in [0, 0.05) is 12.6 Å². The fraction of sp³-hybridized carbons (Fsp3) is 0.900. The lowest BCUT2D eigenvalue weighted by Crippen LogP contribution is -2.40. The Kier molecular flexibility index (Phi) is 5.20. The summed E-state index contributed by atoms with van der Waals surface area (Å²) < 4.78 is 39.7. The van der Waals surface area contributed by atoms with Gasteiger partial charge < -0.3 is 15.8 Å². The molecule has 100 valence electrons. The van der Waals surface area contributed by atoms with Crippen molar-refractivity contribution in [2.45, 2.75) is 31.5 Å². The zero-order valence-electron chi connectivity index (χ0n) is 9.43. The first-order valence-electron chi connectivity index (χ1n) is 5.57. The number of hydrogen-bond acceptors (Lipinski definition) is 3. The Bertz CT molecular complexity index is 258. The van der Waals surface area contributed by atoms with Crippen LogP contribution >= 0.6 is 0 Å². The molecule has 0 heterocycles. The Morgan fingerprint density at radius 2 is 2.12 bits per heavy atom. The molecule has 17 heavy (non-hydrogen) atoms. The van der Waals surface area contributed by atoms with Crippen LogP contribution in [0.1, 0.15) is 19.3 Å². The third-order valence-electron chi connectivity index (χ3n) is 2.80. The number of alkyl halides is 3. The zero-order chi connectivity index (χ0) is 12.9. The predicted molar refractivity (Wildman–Crippen MR) is 55.2 cm³/mol. The van der Waals surface area contributed by atoms with Gasteiger partial charge in [-0.05, 0) is 12.8 Å². The number of ether oxygens (including phenoxy) is 1. The molecular weight excluding hydrogens is 237 g/mol. The van der Waals surface area contributed by atoms with E-state index < -0.39 is 12.8 Å². The van der Waals surface area contributed by atoms with Gasteiger partial charge in [0.1, 0.15) is 6.61 Å². The largest absolute Gasteiger partial charge is 0.411 e. The molecule has 2 atom stereocenters. The van der Waals surface area contributed by atoms with E-state index in [9.17, 15) is 18.0 Å². The molecule has 7 heteroatoms. The molecule has 0 saturated heterocycles. The molecule has 0 aromatic carbocycles. The maximum absolute atomic E-state index is 11.7. The second kappa shape index (κ2) is 6.20. The third-order valence-corrected chi connectivity index (χ3v) is 2.80. The topological polar surface area (TPSA) is 64.4 Å². The molecule has 0 spiro atoms. The van der Waals surface area contributed by atoms with Crippen molar-refractivity contribution in [1.29, 1.82) is 0 Å². The Hall–Kier alpha value is -0.820. The molecule has 0 radical (unpaired) electrons. The third kappa shape index (κ3) is 5.36. The van der Waals surface area contributed by atoms with Crippen molar-refractivity contribution in [1.82, 2.24) is 5.32 Å². The van der Waals surface area contributed by atoms with Gasteiger partial charge in [-0.1, -0.05) is 6.42 Å². The van der Waals surface area contributed by atoms with Crippen LogP contribution in [-0.2, 0) is 9.53 Å². The summed E-state index contributed by atoms with van der Waals surface area (Å²) in [6.07, 6.45) is -1.80. The molecule has 1 saturated carbocycles. The molecule has 1 aliphatic rings. The van der Waals surface area contributed by atoms with Gasteiger partial charge in [-0.15, -0.1) is 0 Å². The van der Waals surface area contributed by atoms with Gasteiger partial charge in [0.05, 0.1) is 12.5 Å². The normalized spacial score (nSPS) is 25.1. The lowest BCUT2D eigenvalue weighted by molar-refractivity contribution is -0.173. The molecule has 1 amide bonds. The fourth-order valence-corrected chi connectivity index (χ4v) is 2.05. The monoisotopic (exact) mass is 254 g/mol. The minimum absolute atomic E-state index is 0.0259. The van der Waals surface area contributed by atoms with E-state index in [4.69, 9.17) is 5.73 Å². The number of carbonyl (C=O) groups excluding carboxylic acids is 1. The first-order chi connectivity index (χ1) is 7.90. The molecular formula is C10H17F3N2O2. The van der Waals surface area contributed by atoms with E-state index in [0.717, 1.165) is 19.3 Å². The summed E-state index contributed by atoms with van der Waals surface area (Å²) in [4.78, 5) is 11.0. The average molecular weight is 254 g/mol. The highest BCUT2D eigenvalue weighted by molar-refractivity contribution is 5.77. The molecule has 1 aliphatic carbocycles. The minimum Gasteiger partial charge on any atom is -0.371 e. The van der Waals surface area contributed by atoms with Crippen molar-refractivity contribution >= 4 is 5.91 Å². The van der Waals surface area contributed by atoms with Crippen LogP contribution in [0.2, 0.25) is 0 Å². The van der Waals surface area contributed by atoms with Crippen molar-refractivity contribution in [3.63, 3.8) is 0 Å². The number of rotatable bonds is 6. The van der Waals surface area contributed by atoms with Gasteiger partial charge in [-0.25, -0.2) is 0 Å². The zero-order valence-corrected chi connectivity index (χ0v) is 9.43. The highest BCUT2D eigenvalue weighted by Gasteiger charge is 2.31. The summed E-state index contributed by atoms with van der Waals surface area (Å²) in [7, 11) is 0. The van der Waals surface area contributed by atoms with Crippen LogP contribution in [-0.4, -0.2) is 37.9 Å². The highest BCUT2D eigenvalue weighted by Crippen LogP contribution is 2.25. The van der Waals surface area contributed by atoms with Crippen LogP contribution < -0.4 is 11.1 Å². The number of halogens is 3. The number of nitrogens with two attached hydrogens (primary N) is 1. The second-order valence-electron chi connectivity index (χ2n) is 4.17. The van der Waals surface area contributed by atoms with Crippen molar-refractivity contribution in [3.05, 3.63) is 0 Å². The minimum atomic E-state index is -4.29. The standard InChI is InChI=1S/C10H17F3N2O2/c11-10(12,13)6-17-5-4-15-8-3-1-2-7(8)9(14)16/h7-8,15H,1-6H2,(H2,14,16)/t7-,8+/m0/s1. The molecule has 1 fully saturated rings. The number of carbonyl (C=O) groups is 1. The summed E-state index contributed by atoms with van der Waals surface area (Å²) in [5, 5.41) is 3.01. The van der Waals surface area contributed by atoms with E-state index in [1.165, 1.54) is 0 Å². The molecule has 0 aromatic heterocycles. The van der Waals surface area contributed by atoms with Gasteiger partial charge in [-0.3, -0.25) is 4.79 Å². The van der Waals surface area contributed by atoms with Crippen molar-refractivity contribution in [3.8, 4) is 0 Å². The van der Waals surface area contributed by atoms with Crippen LogP contribution in [0.15, 0.2) is 0 Å². The first kappa shape index (κ1) is 14.2. The lowest BCUT2D eigenvalue weighted by Gasteiger charge is -2.18. The van der Waals surface area contributed by atoms with Crippen molar-refractivity contribution in [2.75, 3.05) is 19.8 Å². The van der Waals surface area contributed by atoms with Crippen molar-refractivity contribution < 1.29 is 22.7 Å². The van der Waals surface area contributed by atoms with E-state index in [0.29, 0.717) is 6.54 Å². The molecule has 0 aromatic rings. The van der Waals surface area contributed by atoms with E-state index in [1.54, 1.807) is 0 Å². The SMILES string of the molecule is NC(=O)[C@H]1CCC[C@H]1NCCOCC(F)(F)F. The smallest absolute Gasteiger partial charge is 0.371 e. The van der Waals surface area contributed by atoms with E-state index in [2.05, 4.69) is 10.1 Å². The van der Waals surface area contributed by atoms with Crippen LogP contribution in [0.25, 0.3) is 0 Å². The Balaban J connectivity index is 2.12. The van der Waals surface area contributed by atoms with Gasteiger partial charge in [-0.2, -0.15) is 13.2 Å². The van der Waals surface area contributed by atoms with Crippen LogP contribution in [0.3, 0.4) is 0 Å². The Labute approximate surface area is 97.7 Å². The van der Waals surface area contributed by atoms with Gasteiger partial charge in [0.15, 0.2) is 0 Å². The summed E-state index contributed by atoms with van der Waals surface area (Å²) in [5.74, 6) is -0.561. The molecule has 3 N–H and O–H groups in total. The quantitative estimate of drug-likeness (QED) is 0.689. The van der Waals surface area contributed by atoms with Gasteiger partial charge in [0.2, 0.25) is 5.91 Å². The van der Waals surface area contributed by atoms with Crippen LogP contribution in [0, 0.1) is 5.92 Å². The maximum Gasteiger partial charge on any atom is 0.411 e. The summed E-state index contributed by atoms with van der Waals surface area (Å²) in [5.41, 5.74) is 5.22. The molecule has 0 bridgehead atoms. The second-order valence-corrected chi connectivity index (χ2v) is 4.17. The lowest BCUT2D eigenvalue weighted by atomic mass is 10.0. The average Bonchev–Trinajstić information content (AvgIpc) is 2.63. The summed E-state index contributed by atoms with van der Waals surface area (Å²) in [6, 6.07) is -0.0259. The Morgan fingerprint density at radius 1 is 1.41 bits per heavy atom. The van der Waals surface area contributed by atoms with Crippen LogP contribution in [0.4, 0.5) is 13.2 Å². The molecule has 4 nitrogen and oxygen atoms in total. The fourth-order valence-electron chi connectivity index (χ4n) is 2.05. The predicted octanol–water partition coefficient (Wildman–Crippen LogP) is 0.809. The number of amides is 1. The maximum atomic E-state index is 11.7. The summed E-state index contributed by atoms with van der Waals surface area (Å²) >= 11 is 0. The van der Waals surface area contributed by atoms with Crippen LogP contribution in [0.5, 0.6) is 0 Å². The number of primary amides is 1. The molecule has 1 rings (SSSR count). The van der Waals surface area contributed by atoms with E-state index >= 15 is 0 Å². The van der Waals surface area contributed by atoms with E-state index in [1.807, 2.05) is 0 Å². The summed E-state index contributed by atoms with van der Waals surface area (Å²) in [6.45, 7) is -0.968. The Morgan fingerprint density at radius 3 is 2.71 bits per heavy atom. The first-order valence-corrected chi connectivity index (χ1v) is 5.57. The molecule has 0 unspecified atom stereocenters. The van der Waals surface area contributed by atoms with Gasteiger partial charge in [0.25, 0.3) is 0 Å².